The van der Waals surface area contributed by atoms with Crippen LogP contribution >= 0.6 is 0 Å². The number of amides is 2. The van der Waals surface area contributed by atoms with Gasteiger partial charge in [0, 0.05) is 50.8 Å². The van der Waals surface area contributed by atoms with Gasteiger partial charge in [0.2, 0.25) is 5.91 Å². The van der Waals surface area contributed by atoms with Crippen LogP contribution in [0.5, 0.6) is 11.5 Å². The molecule has 1 fully saturated rings. The van der Waals surface area contributed by atoms with Crippen molar-refractivity contribution in [3.05, 3.63) is 23.8 Å². The summed E-state index contributed by atoms with van der Waals surface area (Å²) in [6.07, 6.45) is 0.232. The Morgan fingerprint density at radius 3 is 2.31 bits per heavy atom. The van der Waals surface area contributed by atoms with Gasteiger partial charge in [-0.1, -0.05) is 0 Å². The highest BCUT2D eigenvalue weighted by molar-refractivity contribution is 5.95. The molecule has 0 unspecified atom stereocenters. The smallest absolute Gasteiger partial charge is 0.251 e. The van der Waals surface area contributed by atoms with Crippen molar-refractivity contribution in [2.45, 2.75) is 6.42 Å². The van der Waals surface area contributed by atoms with Crippen LogP contribution in [-0.2, 0) is 9.53 Å². The van der Waals surface area contributed by atoms with E-state index in [1.54, 1.807) is 18.2 Å². The third kappa shape index (κ3) is 6.53. The molecular formula is C18H27N3O5. The molecular weight excluding hydrogens is 338 g/mol. The molecule has 0 atom stereocenters. The van der Waals surface area contributed by atoms with Crippen LogP contribution in [0, 0.1) is 0 Å². The monoisotopic (exact) mass is 365 g/mol. The van der Waals surface area contributed by atoms with Crippen molar-refractivity contribution in [3.8, 4) is 11.5 Å². The standard InChI is InChI=1S/C18H27N3O5/c1-24-15-11-14(12-16(13-15)25-2)18(23)20-4-3-17(22)19-5-6-21-7-9-26-10-8-21/h11-13H,3-10H2,1-2H3,(H,19,22)(H,20,23). The first-order valence-corrected chi connectivity index (χ1v) is 8.70. The Morgan fingerprint density at radius 1 is 1.04 bits per heavy atom. The van der Waals surface area contributed by atoms with Crippen molar-refractivity contribution in [3.63, 3.8) is 0 Å². The van der Waals surface area contributed by atoms with E-state index in [-0.39, 0.29) is 24.8 Å². The Balaban J connectivity index is 1.68. The van der Waals surface area contributed by atoms with Gasteiger partial charge in [0.05, 0.1) is 27.4 Å². The van der Waals surface area contributed by atoms with Gasteiger partial charge in [-0.15, -0.1) is 0 Å². The van der Waals surface area contributed by atoms with Gasteiger partial charge >= 0.3 is 0 Å². The quantitative estimate of drug-likeness (QED) is 0.653. The molecule has 2 rings (SSSR count). The first-order valence-electron chi connectivity index (χ1n) is 8.70. The van der Waals surface area contributed by atoms with Crippen LogP contribution in [-0.4, -0.2) is 76.9 Å². The van der Waals surface area contributed by atoms with Gasteiger partial charge < -0.3 is 24.8 Å². The normalized spacial score (nSPS) is 14.5. The van der Waals surface area contributed by atoms with E-state index in [2.05, 4.69) is 15.5 Å². The number of methoxy groups -OCH3 is 2. The highest BCUT2D eigenvalue weighted by atomic mass is 16.5. The maximum absolute atomic E-state index is 12.2. The van der Waals surface area contributed by atoms with Crippen LogP contribution in [0.2, 0.25) is 0 Å². The largest absolute Gasteiger partial charge is 0.497 e. The van der Waals surface area contributed by atoms with Gasteiger partial charge in [0.25, 0.3) is 5.91 Å². The summed E-state index contributed by atoms with van der Waals surface area (Å²) in [5.41, 5.74) is 0.425. The van der Waals surface area contributed by atoms with E-state index in [4.69, 9.17) is 14.2 Å². The van der Waals surface area contributed by atoms with E-state index >= 15 is 0 Å². The van der Waals surface area contributed by atoms with Crippen molar-refractivity contribution in [2.75, 3.05) is 60.2 Å². The molecule has 0 saturated carbocycles. The van der Waals surface area contributed by atoms with Gasteiger partial charge in [0.15, 0.2) is 0 Å². The molecule has 8 heteroatoms. The number of hydrogen-bond acceptors (Lipinski definition) is 6. The number of carbonyl (C=O) groups is 2. The Kier molecular flexibility index (Phi) is 8.17. The fourth-order valence-corrected chi connectivity index (χ4v) is 2.60. The predicted molar refractivity (Wildman–Crippen MR) is 96.8 cm³/mol. The van der Waals surface area contributed by atoms with Gasteiger partial charge in [0.1, 0.15) is 11.5 Å². The highest BCUT2D eigenvalue weighted by Gasteiger charge is 2.12. The molecule has 144 valence electrons. The highest BCUT2D eigenvalue weighted by Crippen LogP contribution is 2.22. The molecule has 0 bridgehead atoms. The van der Waals surface area contributed by atoms with E-state index < -0.39 is 0 Å². The predicted octanol–water partition coefficient (Wildman–Crippen LogP) is 0.272. The van der Waals surface area contributed by atoms with Gasteiger partial charge in [-0.25, -0.2) is 0 Å². The number of benzene rings is 1. The zero-order chi connectivity index (χ0) is 18.8. The van der Waals surface area contributed by atoms with E-state index in [1.807, 2.05) is 0 Å². The molecule has 0 spiro atoms. The second-order valence-corrected chi connectivity index (χ2v) is 5.91. The maximum atomic E-state index is 12.2. The van der Waals surface area contributed by atoms with E-state index in [9.17, 15) is 9.59 Å². The molecule has 26 heavy (non-hydrogen) atoms. The van der Waals surface area contributed by atoms with Crippen molar-refractivity contribution in [1.29, 1.82) is 0 Å². The Bertz CT molecular complexity index is 580. The number of hydrogen-bond donors (Lipinski definition) is 2. The van der Waals surface area contributed by atoms with Gasteiger partial charge in [-0.05, 0) is 12.1 Å². The lowest BCUT2D eigenvalue weighted by molar-refractivity contribution is -0.121. The molecule has 0 radical (unpaired) electrons. The summed E-state index contributed by atoms with van der Waals surface area (Å²) in [5, 5.41) is 5.60. The SMILES string of the molecule is COc1cc(OC)cc(C(=O)NCCC(=O)NCCN2CCOCC2)c1. The van der Waals surface area contributed by atoms with Crippen LogP contribution in [0.15, 0.2) is 18.2 Å². The van der Waals surface area contributed by atoms with Crippen LogP contribution in [0.4, 0.5) is 0 Å². The van der Waals surface area contributed by atoms with E-state index in [0.29, 0.717) is 23.6 Å². The maximum Gasteiger partial charge on any atom is 0.251 e. The molecule has 8 nitrogen and oxygen atoms in total. The summed E-state index contributed by atoms with van der Waals surface area (Å²) in [7, 11) is 3.05. The lowest BCUT2D eigenvalue weighted by atomic mass is 10.2. The number of rotatable bonds is 9. The number of nitrogens with one attached hydrogen (secondary N) is 2. The molecule has 1 heterocycles. The van der Waals surface area contributed by atoms with Gasteiger partial charge in [-0.3, -0.25) is 14.5 Å². The Hall–Kier alpha value is -2.32. The number of ether oxygens (including phenoxy) is 3. The minimum Gasteiger partial charge on any atom is -0.497 e. The first-order chi connectivity index (χ1) is 12.6. The van der Waals surface area contributed by atoms with Crippen molar-refractivity contribution in [1.82, 2.24) is 15.5 Å². The molecule has 0 aromatic heterocycles. The van der Waals surface area contributed by atoms with Crippen LogP contribution in [0.1, 0.15) is 16.8 Å². The Morgan fingerprint density at radius 2 is 1.69 bits per heavy atom. The number of nitrogens with zero attached hydrogens (tertiary/aromatic N) is 1. The summed E-state index contributed by atoms with van der Waals surface area (Å²) in [4.78, 5) is 26.3. The summed E-state index contributed by atoms with van der Waals surface area (Å²) in [6.45, 7) is 4.96. The summed E-state index contributed by atoms with van der Waals surface area (Å²) < 4.78 is 15.6. The van der Waals surface area contributed by atoms with Crippen LogP contribution < -0.4 is 20.1 Å². The topological polar surface area (TPSA) is 89.1 Å². The molecule has 1 saturated heterocycles. The Labute approximate surface area is 153 Å². The summed E-state index contributed by atoms with van der Waals surface area (Å²) in [5.74, 6) is 0.718. The molecule has 2 N–H and O–H groups in total. The molecule has 1 aliphatic heterocycles. The summed E-state index contributed by atoms with van der Waals surface area (Å²) >= 11 is 0. The third-order valence-electron chi connectivity index (χ3n) is 4.11. The minimum atomic E-state index is -0.275. The molecule has 1 aromatic carbocycles. The molecule has 2 amide bonds. The second kappa shape index (κ2) is 10.6. The fraction of sp³-hybridized carbons (Fsp3) is 0.556. The first kappa shape index (κ1) is 20.0. The molecule has 1 aromatic rings. The zero-order valence-electron chi connectivity index (χ0n) is 15.4. The molecule has 1 aliphatic rings. The number of carbonyl (C=O) groups excluding carboxylic acids is 2. The van der Waals surface area contributed by atoms with E-state index in [0.717, 1.165) is 32.8 Å². The number of morpholine rings is 1. The fourth-order valence-electron chi connectivity index (χ4n) is 2.60. The average Bonchev–Trinajstić information content (AvgIpc) is 2.68. The summed E-state index contributed by atoms with van der Waals surface area (Å²) in [6, 6.07) is 4.94. The van der Waals surface area contributed by atoms with Gasteiger partial charge in [-0.2, -0.15) is 0 Å². The van der Waals surface area contributed by atoms with Crippen molar-refractivity contribution < 1.29 is 23.8 Å². The second-order valence-electron chi connectivity index (χ2n) is 5.91. The zero-order valence-corrected chi connectivity index (χ0v) is 15.4. The third-order valence-corrected chi connectivity index (χ3v) is 4.11. The average molecular weight is 365 g/mol. The lowest BCUT2D eigenvalue weighted by Crippen LogP contribution is -2.41. The minimum absolute atomic E-state index is 0.0817. The van der Waals surface area contributed by atoms with E-state index in [1.165, 1.54) is 14.2 Å². The van der Waals surface area contributed by atoms with Crippen molar-refractivity contribution >= 4 is 11.8 Å². The van der Waals surface area contributed by atoms with Crippen molar-refractivity contribution in [2.24, 2.45) is 0 Å². The van der Waals surface area contributed by atoms with Crippen LogP contribution in [0.25, 0.3) is 0 Å². The molecule has 0 aliphatic carbocycles. The lowest BCUT2D eigenvalue weighted by Gasteiger charge is -2.26. The van der Waals surface area contributed by atoms with Crippen LogP contribution in [0.3, 0.4) is 0 Å².